The SMILES string of the molecule is COCCNC(=O)CN(C)Cc1cc(O)cc(F)c1. The van der Waals surface area contributed by atoms with Gasteiger partial charge in [-0.05, 0) is 24.7 Å². The fourth-order valence-electron chi connectivity index (χ4n) is 1.69. The third-order valence-corrected chi connectivity index (χ3v) is 2.44. The first-order chi connectivity index (χ1) is 9.01. The van der Waals surface area contributed by atoms with E-state index in [-0.39, 0.29) is 18.2 Å². The van der Waals surface area contributed by atoms with Gasteiger partial charge in [-0.25, -0.2) is 4.39 Å². The lowest BCUT2D eigenvalue weighted by Gasteiger charge is -2.16. The van der Waals surface area contributed by atoms with E-state index < -0.39 is 5.82 Å². The van der Waals surface area contributed by atoms with Crippen LogP contribution in [0.3, 0.4) is 0 Å². The lowest BCUT2D eigenvalue weighted by Crippen LogP contribution is -2.36. The number of methoxy groups -OCH3 is 1. The minimum Gasteiger partial charge on any atom is -0.508 e. The molecule has 0 heterocycles. The molecule has 6 heteroatoms. The number of aromatic hydroxyl groups is 1. The number of hydrogen-bond acceptors (Lipinski definition) is 4. The smallest absolute Gasteiger partial charge is 0.234 e. The average molecular weight is 270 g/mol. The highest BCUT2D eigenvalue weighted by atomic mass is 19.1. The van der Waals surface area contributed by atoms with Crippen molar-refractivity contribution in [2.75, 3.05) is 33.9 Å². The van der Waals surface area contributed by atoms with Crippen molar-refractivity contribution >= 4 is 5.91 Å². The summed E-state index contributed by atoms with van der Waals surface area (Å²) in [5.74, 6) is -0.735. The molecule has 19 heavy (non-hydrogen) atoms. The molecular weight excluding hydrogens is 251 g/mol. The Morgan fingerprint density at radius 3 is 2.84 bits per heavy atom. The fourth-order valence-corrected chi connectivity index (χ4v) is 1.69. The molecule has 0 atom stereocenters. The first kappa shape index (κ1) is 15.4. The number of likely N-dealkylation sites (N-methyl/N-ethyl adjacent to an activating group) is 1. The van der Waals surface area contributed by atoms with E-state index in [1.807, 2.05) is 0 Å². The van der Waals surface area contributed by atoms with Crippen LogP contribution in [-0.4, -0.2) is 49.8 Å². The van der Waals surface area contributed by atoms with E-state index in [1.54, 1.807) is 19.1 Å². The van der Waals surface area contributed by atoms with Crippen LogP contribution in [0.2, 0.25) is 0 Å². The van der Waals surface area contributed by atoms with E-state index in [1.165, 1.54) is 12.1 Å². The zero-order valence-corrected chi connectivity index (χ0v) is 11.1. The second-order valence-electron chi connectivity index (χ2n) is 4.33. The minimum atomic E-state index is -0.493. The van der Waals surface area contributed by atoms with Gasteiger partial charge in [0.05, 0.1) is 13.2 Å². The summed E-state index contributed by atoms with van der Waals surface area (Å²) in [6.45, 7) is 1.50. The monoisotopic (exact) mass is 270 g/mol. The van der Waals surface area contributed by atoms with Crippen LogP contribution in [0, 0.1) is 5.82 Å². The number of halogens is 1. The molecule has 0 fully saturated rings. The van der Waals surface area contributed by atoms with Crippen molar-refractivity contribution in [1.82, 2.24) is 10.2 Å². The summed E-state index contributed by atoms with van der Waals surface area (Å²) >= 11 is 0. The maximum absolute atomic E-state index is 13.1. The zero-order chi connectivity index (χ0) is 14.3. The number of phenols is 1. The maximum Gasteiger partial charge on any atom is 0.234 e. The van der Waals surface area contributed by atoms with E-state index in [0.717, 1.165) is 6.07 Å². The lowest BCUT2D eigenvalue weighted by atomic mass is 10.2. The molecule has 2 N–H and O–H groups in total. The maximum atomic E-state index is 13.1. The van der Waals surface area contributed by atoms with E-state index in [4.69, 9.17) is 4.74 Å². The molecule has 1 aromatic rings. The highest BCUT2D eigenvalue weighted by Gasteiger charge is 2.08. The first-order valence-corrected chi connectivity index (χ1v) is 5.94. The number of carbonyl (C=O) groups excluding carboxylic acids is 1. The molecule has 0 aliphatic heterocycles. The molecule has 0 aliphatic rings. The third kappa shape index (κ3) is 6.17. The van der Waals surface area contributed by atoms with Gasteiger partial charge in [-0.1, -0.05) is 0 Å². The molecule has 0 spiro atoms. The zero-order valence-electron chi connectivity index (χ0n) is 11.1. The Morgan fingerprint density at radius 1 is 1.47 bits per heavy atom. The molecule has 0 aliphatic carbocycles. The number of carbonyl (C=O) groups is 1. The molecule has 1 rings (SSSR count). The number of rotatable bonds is 7. The second-order valence-corrected chi connectivity index (χ2v) is 4.33. The predicted octanol–water partition coefficient (Wildman–Crippen LogP) is 0.726. The Morgan fingerprint density at radius 2 is 2.21 bits per heavy atom. The standard InChI is InChI=1S/C13H19FN2O3/c1-16(9-13(18)15-3-4-19-2)8-10-5-11(14)7-12(17)6-10/h5-7,17H,3-4,8-9H2,1-2H3,(H,15,18). The minimum absolute atomic E-state index is 0.118. The Bertz CT molecular complexity index is 406. The van der Waals surface area contributed by atoms with Gasteiger partial charge in [-0.15, -0.1) is 0 Å². The van der Waals surface area contributed by atoms with Gasteiger partial charge in [-0.2, -0.15) is 0 Å². The van der Waals surface area contributed by atoms with Gasteiger partial charge in [0.2, 0.25) is 5.91 Å². The molecule has 0 radical (unpaired) electrons. The van der Waals surface area contributed by atoms with Crippen molar-refractivity contribution in [3.8, 4) is 5.75 Å². The summed E-state index contributed by atoms with van der Waals surface area (Å²) in [7, 11) is 3.31. The predicted molar refractivity (Wildman–Crippen MR) is 69.3 cm³/mol. The lowest BCUT2D eigenvalue weighted by molar-refractivity contribution is -0.122. The Kier molecular flexibility index (Phi) is 6.24. The number of nitrogens with zero attached hydrogens (tertiary/aromatic N) is 1. The van der Waals surface area contributed by atoms with E-state index in [0.29, 0.717) is 25.3 Å². The largest absolute Gasteiger partial charge is 0.508 e. The summed E-state index contributed by atoms with van der Waals surface area (Å²) in [4.78, 5) is 13.3. The van der Waals surface area contributed by atoms with E-state index in [2.05, 4.69) is 5.32 Å². The van der Waals surface area contributed by atoms with Gasteiger partial charge in [0.1, 0.15) is 11.6 Å². The van der Waals surface area contributed by atoms with Gasteiger partial charge in [0.15, 0.2) is 0 Å². The van der Waals surface area contributed by atoms with Crippen molar-refractivity contribution in [3.63, 3.8) is 0 Å². The molecule has 5 nitrogen and oxygen atoms in total. The summed E-state index contributed by atoms with van der Waals surface area (Å²) < 4.78 is 17.9. The molecule has 0 saturated carbocycles. The Labute approximate surface area is 112 Å². The number of phenolic OH excluding ortho intramolecular Hbond substituents is 1. The van der Waals surface area contributed by atoms with Gasteiger partial charge in [0.25, 0.3) is 0 Å². The van der Waals surface area contributed by atoms with Crippen LogP contribution in [0.15, 0.2) is 18.2 Å². The fraction of sp³-hybridized carbons (Fsp3) is 0.462. The number of hydrogen-bond donors (Lipinski definition) is 2. The van der Waals surface area contributed by atoms with Crippen molar-refractivity contribution in [2.45, 2.75) is 6.54 Å². The Balaban J connectivity index is 2.41. The highest BCUT2D eigenvalue weighted by Crippen LogP contribution is 2.15. The molecule has 106 valence electrons. The van der Waals surface area contributed by atoms with E-state index in [9.17, 15) is 14.3 Å². The van der Waals surface area contributed by atoms with Crippen LogP contribution >= 0.6 is 0 Å². The van der Waals surface area contributed by atoms with Gasteiger partial charge in [-0.3, -0.25) is 9.69 Å². The molecule has 0 unspecified atom stereocenters. The third-order valence-electron chi connectivity index (χ3n) is 2.44. The van der Waals surface area contributed by atoms with Crippen LogP contribution in [0.5, 0.6) is 5.75 Å². The number of nitrogens with one attached hydrogen (secondary N) is 1. The summed E-state index contributed by atoms with van der Waals surface area (Å²) in [6, 6.07) is 3.85. The topological polar surface area (TPSA) is 61.8 Å². The molecule has 0 saturated heterocycles. The van der Waals surface area contributed by atoms with Crippen LogP contribution in [0.4, 0.5) is 4.39 Å². The molecule has 0 aromatic heterocycles. The van der Waals surface area contributed by atoms with Gasteiger partial charge >= 0.3 is 0 Å². The van der Waals surface area contributed by atoms with Crippen molar-refractivity contribution in [1.29, 1.82) is 0 Å². The summed E-state index contributed by atoms with van der Waals surface area (Å²) in [5.41, 5.74) is 0.615. The molecule has 0 bridgehead atoms. The van der Waals surface area contributed by atoms with Gasteiger partial charge < -0.3 is 15.2 Å². The number of amides is 1. The highest BCUT2D eigenvalue weighted by molar-refractivity contribution is 5.77. The first-order valence-electron chi connectivity index (χ1n) is 5.94. The number of benzene rings is 1. The average Bonchev–Trinajstić information content (AvgIpc) is 2.27. The van der Waals surface area contributed by atoms with Crippen molar-refractivity contribution in [3.05, 3.63) is 29.6 Å². The van der Waals surface area contributed by atoms with Crippen LogP contribution < -0.4 is 5.32 Å². The summed E-state index contributed by atoms with van der Waals surface area (Å²) in [6.07, 6.45) is 0. The Hall–Kier alpha value is -1.66. The van der Waals surface area contributed by atoms with Gasteiger partial charge in [0, 0.05) is 26.3 Å². The summed E-state index contributed by atoms with van der Waals surface area (Å²) in [5, 5.41) is 12.0. The molecular formula is C13H19FN2O3. The molecule has 1 amide bonds. The van der Waals surface area contributed by atoms with Crippen molar-refractivity contribution in [2.24, 2.45) is 0 Å². The van der Waals surface area contributed by atoms with Crippen LogP contribution in [-0.2, 0) is 16.1 Å². The van der Waals surface area contributed by atoms with Crippen LogP contribution in [0.25, 0.3) is 0 Å². The van der Waals surface area contributed by atoms with E-state index >= 15 is 0 Å². The molecule has 1 aromatic carbocycles. The number of ether oxygens (including phenoxy) is 1. The normalized spacial score (nSPS) is 10.7. The van der Waals surface area contributed by atoms with Crippen LogP contribution in [0.1, 0.15) is 5.56 Å². The van der Waals surface area contributed by atoms with Crippen molar-refractivity contribution < 1.29 is 19.0 Å². The quantitative estimate of drug-likeness (QED) is 0.717. The second kappa shape index (κ2) is 7.70.